The van der Waals surface area contributed by atoms with Crippen molar-refractivity contribution in [2.45, 2.75) is 45.1 Å². The molecule has 0 radical (unpaired) electrons. The highest BCUT2D eigenvalue weighted by Gasteiger charge is 2.38. The minimum absolute atomic E-state index is 0.649. The van der Waals surface area contributed by atoms with Gasteiger partial charge in [0.2, 0.25) is 0 Å². The van der Waals surface area contributed by atoms with Crippen LogP contribution in [0.4, 0.5) is 0 Å². The number of hydrogen-bond acceptors (Lipinski definition) is 2. The van der Waals surface area contributed by atoms with Crippen molar-refractivity contribution in [2.75, 3.05) is 14.1 Å². The highest BCUT2D eigenvalue weighted by molar-refractivity contribution is 5.78. The predicted molar refractivity (Wildman–Crippen MR) is 53.9 cm³/mol. The Morgan fingerprint density at radius 2 is 1.62 bits per heavy atom. The van der Waals surface area contributed by atoms with E-state index < -0.39 is 11.5 Å². The number of carbonyl (C=O) groups is 1. The summed E-state index contributed by atoms with van der Waals surface area (Å²) in [5.74, 6) is -0.693. The van der Waals surface area contributed by atoms with Crippen molar-refractivity contribution in [2.24, 2.45) is 0 Å². The quantitative estimate of drug-likeness (QED) is 0.691. The monoisotopic (exact) mass is 187 g/mol. The van der Waals surface area contributed by atoms with E-state index in [1.54, 1.807) is 0 Å². The lowest BCUT2D eigenvalue weighted by molar-refractivity contribution is -0.151. The zero-order valence-electron chi connectivity index (χ0n) is 9.13. The Bertz CT molecular complexity index is 160. The van der Waals surface area contributed by atoms with Crippen LogP contribution in [0.15, 0.2) is 0 Å². The van der Waals surface area contributed by atoms with Crippen molar-refractivity contribution in [3.05, 3.63) is 0 Å². The molecule has 0 aromatic carbocycles. The second-order valence-corrected chi connectivity index (χ2v) is 3.73. The van der Waals surface area contributed by atoms with Crippen LogP contribution in [0.3, 0.4) is 0 Å². The third-order valence-corrected chi connectivity index (χ3v) is 2.58. The first-order valence-corrected chi connectivity index (χ1v) is 4.92. The van der Waals surface area contributed by atoms with Crippen molar-refractivity contribution < 1.29 is 9.90 Å². The summed E-state index contributed by atoms with van der Waals surface area (Å²) in [5.41, 5.74) is -0.649. The molecule has 13 heavy (non-hydrogen) atoms. The van der Waals surface area contributed by atoms with Crippen LogP contribution >= 0.6 is 0 Å². The van der Waals surface area contributed by atoms with Gasteiger partial charge >= 0.3 is 5.97 Å². The Morgan fingerprint density at radius 1 is 1.23 bits per heavy atom. The fraction of sp³-hybridized carbons (Fsp3) is 0.900. The summed E-state index contributed by atoms with van der Waals surface area (Å²) >= 11 is 0. The molecule has 78 valence electrons. The topological polar surface area (TPSA) is 40.5 Å². The molecule has 0 aromatic heterocycles. The van der Waals surface area contributed by atoms with Gasteiger partial charge in [-0.1, -0.05) is 26.7 Å². The summed E-state index contributed by atoms with van der Waals surface area (Å²) in [6.07, 6.45) is 3.27. The third kappa shape index (κ3) is 2.69. The van der Waals surface area contributed by atoms with E-state index in [-0.39, 0.29) is 0 Å². The van der Waals surface area contributed by atoms with Crippen molar-refractivity contribution >= 4 is 5.97 Å². The Kier molecular flexibility index (Phi) is 4.99. The molecule has 0 fully saturated rings. The minimum Gasteiger partial charge on any atom is -0.480 e. The van der Waals surface area contributed by atoms with E-state index in [2.05, 4.69) is 0 Å². The Labute approximate surface area is 80.7 Å². The number of nitrogens with zero attached hydrogens (tertiary/aromatic N) is 1. The SMILES string of the molecule is CCCC(CCC)(C(=O)O)N(C)C. The maximum atomic E-state index is 11.2. The molecule has 0 aliphatic rings. The number of rotatable bonds is 6. The summed E-state index contributed by atoms with van der Waals surface area (Å²) < 4.78 is 0. The van der Waals surface area contributed by atoms with E-state index in [0.29, 0.717) is 0 Å². The summed E-state index contributed by atoms with van der Waals surface area (Å²) in [7, 11) is 3.69. The van der Waals surface area contributed by atoms with Crippen LogP contribution in [0.2, 0.25) is 0 Å². The van der Waals surface area contributed by atoms with Gasteiger partial charge < -0.3 is 5.11 Å². The van der Waals surface area contributed by atoms with Gasteiger partial charge in [-0.2, -0.15) is 0 Å². The average molecular weight is 187 g/mol. The first-order chi connectivity index (χ1) is 6.01. The Morgan fingerprint density at radius 3 is 1.77 bits per heavy atom. The van der Waals surface area contributed by atoms with Crippen molar-refractivity contribution in [3.8, 4) is 0 Å². The molecule has 0 aliphatic heterocycles. The first kappa shape index (κ1) is 12.4. The van der Waals surface area contributed by atoms with Crippen molar-refractivity contribution in [3.63, 3.8) is 0 Å². The maximum absolute atomic E-state index is 11.2. The lowest BCUT2D eigenvalue weighted by atomic mass is 9.87. The zero-order chi connectivity index (χ0) is 10.5. The van der Waals surface area contributed by atoms with Crippen LogP contribution in [-0.2, 0) is 4.79 Å². The molecule has 0 spiro atoms. The van der Waals surface area contributed by atoms with Crippen LogP contribution in [0.1, 0.15) is 39.5 Å². The third-order valence-electron chi connectivity index (χ3n) is 2.58. The lowest BCUT2D eigenvalue weighted by Crippen LogP contribution is -2.51. The molecule has 0 amide bonds. The molecule has 0 saturated heterocycles. The van der Waals surface area contributed by atoms with Crippen molar-refractivity contribution in [1.29, 1.82) is 0 Å². The van der Waals surface area contributed by atoms with Gasteiger partial charge in [0.1, 0.15) is 5.54 Å². The number of hydrogen-bond donors (Lipinski definition) is 1. The van der Waals surface area contributed by atoms with Gasteiger partial charge in [0.25, 0.3) is 0 Å². The summed E-state index contributed by atoms with van der Waals surface area (Å²) in [5, 5.41) is 9.21. The summed E-state index contributed by atoms with van der Waals surface area (Å²) in [6, 6.07) is 0. The van der Waals surface area contributed by atoms with Crippen LogP contribution in [0, 0.1) is 0 Å². The van der Waals surface area contributed by atoms with Crippen LogP contribution in [-0.4, -0.2) is 35.6 Å². The summed E-state index contributed by atoms with van der Waals surface area (Å²) in [4.78, 5) is 13.0. The highest BCUT2D eigenvalue weighted by Crippen LogP contribution is 2.25. The normalized spacial score (nSPS) is 12.1. The van der Waals surface area contributed by atoms with E-state index in [4.69, 9.17) is 0 Å². The smallest absolute Gasteiger partial charge is 0.324 e. The molecule has 0 unspecified atom stereocenters. The Balaban J connectivity index is 4.69. The molecule has 0 aliphatic carbocycles. The molecule has 0 heterocycles. The number of carboxylic acid groups (broad SMARTS) is 1. The van der Waals surface area contributed by atoms with Gasteiger partial charge in [-0.15, -0.1) is 0 Å². The number of aliphatic carboxylic acids is 1. The molecule has 0 saturated carbocycles. The molecule has 3 heteroatoms. The molecular formula is C10H21NO2. The lowest BCUT2D eigenvalue weighted by Gasteiger charge is -2.35. The second-order valence-electron chi connectivity index (χ2n) is 3.73. The van der Waals surface area contributed by atoms with Crippen molar-refractivity contribution in [1.82, 2.24) is 4.90 Å². The largest absolute Gasteiger partial charge is 0.480 e. The fourth-order valence-corrected chi connectivity index (χ4v) is 1.80. The molecule has 0 atom stereocenters. The standard InChI is InChI=1S/C10H21NO2/c1-5-7-10(8-6-2,9(12)13)11(3)4/h5-8H2,1-4H3,(H,12,13). The molecule has 0 aromatic rings. The molecular weight excluding hydrogens is 166 g/mol. The number of likely N-dealkylation sites (N-methyl/N-ethyl adjacent to an activating group) is 1. The number of carboxylic acids is 1. The highest BCUT2D eigenvalue weighted by atomic mass is 16.4. The zero-order valence-corrected chi connectivity index (χ0v) is 9.13. The fourth-order valence-electron chi connectivity index (χ4n) is 1.80. The van der Waals surface area contributed by atoms with Crippen LogP contribution in [0.25, 0.3) is 0 Å². The predicted octanol–water partition coefficient (Wildman–Crippen LogP) is 1.97. The Hall–Kier alpha value is -0.570. The first-order valence-electron chi connectivity index (χ1n) is 4.92. The van der Waals surface area contributed by atoms with E-state index in [1.165, 1.54) is 0 Å². The van der Waals surface area contributed by atoms with Gasteiger partial charge in [-0.05, 0) is 26.9 Å². The minimum atomic E-state index is -0.693. The van der Waals surface area contributed by atoms with Gasteiger partial charge in [-0.25, -0.2) is 0 Å². The van der Waals surface area contributed by atoms with Gasteiger partial charge in [0, 0.05) is 0 Å². The molecule has 1 N–H and O–H groups in total. The second kappa shape index (κ2) is 5.22. The van der Waals surface area contributed by atoms with Gasteiger partial charge in [-0.3, -0.25) is 9.69 Å². The average Bonchev–Trinajstić information content (AvgIpc) is 2.03. The maximum Gasteiger partial charge on any atom is 0.324 e. The summed E-state index contributed by atoms with van der Waals surface area (Å²) in [6.45, 7) is 4.05. The van der Waals surface area contributed by atoms with Crippen LogP contribution < -0.4 is 0 Å². The molecule has 0 bridgehead atoms. The molecule has 3 nitrogen and oxygen atoms in total. The van der Waals surface area contributed by atoms with E-state index in [0.717, 1.165) is 25.7 Å². The van der Waals surface area contributed by atoms with E-state index in [9.17, 15) is 9.90 Å². The van der Waals surface area contributed by atoms with E-state index in [1.807, 2.05) is 32.8 Å². The van der Waals surface area contributed by atoms with Gasteiger partial charge in [0.05, 0.1) is 0 Å². The molecule has 0 rings (SSSR count). The van der Waals surface area contributed by atoms with E-state index >= 15 is 0 Å². The van der Waals surface area contributed by atoms with Gasteiger partial charge in [0.15, 0.2) is 0 Å². The van der Waals surface area contributed by atoms with Crippen LogP contribution in [0.5, 0.6) is 0 Å².